The largest absolute Gasteiger partial charge is 0.487 e. The van der Waals surface area contributed by atoms with Gasteiger partial charge in [-0.15, -0.1) is 0 Å². The molecule has 3 aliphatic rings. The minimum Gasteiger partial charge on any atom is -0.487 e. The SMILES string of the molecule is CC(C)[C@@H](O)[C@@H]1CC[C@@]2(C)CC[C@@H]3Cc4ccccc4O[C@]3(C)[C@@H]12. The van der Waals surface area contributed by atoms with Gasteiger partial charge in [-0.25, -0.2) is 0 Å². The van der Waals surface area contributed by atoms with Crippen LogP contribution in [0.25, 0.3) is 0 Å². The van der Waals surface area contributed by atoms with Gasteiger partial charge in [0, 0.05) is 11.8 Å². The maximum Gasteiger partial charge on any atom is 0.123 e. The van der Waals surface area contributed by atoms with Gasteiger partial charge in [0.25, 0.3) is 0 Å². The Morgan fingerprint density at radius 3 is 2.58 bits per heavy atom. The number of rotatable bonds is 2. The van der Waals surface area contributed by atoms with Crippen molar-refractivity contribution < 1.29 is 9.84 Å². The first-order valence-electron chi connectivity index (χ1n) is 9.80. The first-order valence-corrected chi connectivity index (χ1v) is 9.80. The van der Waals surface area contributed by atoms with Crippen molar-refractivity contribution in [3.05, 3.63) is 29.8 Å². The van der Waals surface area contributed by atoms with E-state index in [0.717, 1.165) is 18.6 Å². The second-order valence-corrected chi connectivity index (χ2v) is 9.40. The Morgan fingerprint density at radius 2 is 1.83 bits per heavy atom. The summed E-state index contributed by atoms with van der Waals surface area (Å²) in [6.07, 6.45) is 5.83. The van der Waals surface area contributed by atoms with E-state index in [4.69, 9.17) is 4.74 Å². The Balaban J connectivity index is 1.75. The zero-order valence-corrected chi connectivity index (χ0v) is 15.6. The van der Waals surface area contributed by atoms with Gasteiger partial charge in [-0.05, 0) is 67.9 Å². The molecule has 0 spiro atoms. The fourth-order valence-electron chi connectivity index (χ4n) is 6.37. The Hall–Kier alpha value is -1.02. The maximum absolute atomic E-state index is 10.9. The zero-order valence-electron chi connectivity index (χ0n) is 15.6. The Bertz CT molecular complexity index is 624. The molecule has 2 nitrogen and oxygen atoms in total. The van der Waals surface area contributed by atoms with Crippen molar-refractivity contribution in [1.82, 2.24) is 0 Å². The topological polar surface area (TPSA) is 29.5 Å². The van der Waals surface area contributed by atoms with Crippen molar-refractivity contribution in [2.24, 2.45) is 29.1 Å². The highest BCUT2D eigenvalue weighted by atomic mass is 16.5. The average Bonchev–Trinajstić information content (AvgIpc) is 2.91. The molecule has 0 unspecified atom stereocenters. The van der Waals surface area contributed by atoms with Crippen molar-refractivity contribution in [3.63, 3.8) is 0 Å². The maximum atomic E-state index is 10.9. The van der Waals surface area contributed by atoms with Crippen LogP contribution in [0, 0.1) is 29.1 Å². The fraction of sp³-hybridized carbons (Fsp3) is 0.727. The molecule has 6 atom stereocenters. The number of ether oxygens (including phenoxy) is 1. The first-order chi connectivity index (χ1) is 11.3. The lowest BCUT2D eigenvalue weighted by atomic mass is 9.54. The highest BCUT2D eigenvalue weighted by Gasteiger charge is 2.62. The van der Waals surface area contributed by atoms with Gasteiger partial charge < -0.3 is 9.84 Å². The van der Waals surface area contributed by atoms with Gasteiger partial charge in [0.2, 0.25) is 0 Å². The van der Waals surface area contributed by atoms with E-state index >= 15 is 0 Å². The smallest absolute Gasteiger partial charge is 0.123 e. The summed E-state index contributed by atoms with van der Waals surface area (Å²) in [5.74, 6) is 2.79. The third-order valence-corrected chi connectivity index (χ3v) is 7.61. The fourth-order valence-corrected chi connectivity index (χ4v) is 6.37. The molecular weight excluding hydrogens is 296 g/mol. The van der Waals surface area contributed by atoms with Crippen LogP contribution in [0.1, 0.15) is 58.9 Å². The van der Waals surface area contributed by atoms with E-state index in [-0.39, 0.29) is 11.7 Å². The van der Waals surface area contributed by atoms with Crippen molar-refractivity contribution in [1.29, 1.82) is 0 Å². The lowest BCUT2D eigenvalue weighted by molar-refractivity contribution is -0.143. The summed E-state index contributed by atoms with van der Waals surface area (Å²) in [6.45, 7) is 9.11. The predicted octanol–water partition coefficient (Wildman–Crippen LogP) is 4.84. The summed E-state index contributed by atoms with van der Waals surface area (Å²) < 4.78 is 6.75. The molecule has 1 aromatic carbocycles. The molecule has 0 aromatic heterocycles. The van der Waals surface area contributed by atoms with Gasteiger partial charge in [-0.1, -0.05) is 39.0 Å². The first kappa shape index (κ1) is 16.4. The normalized spacial score (nSPS) is 42.0. The van der Waals surface area contributed by atoms with Gasteiger partial charge in [-0.2, -0.15) is 0 Å². The van der Waals surface area contributed by atoms with Crippen molar-refractivity contribution in [3.8, 4) is 5.75 Å². The van der Waals surface area contributed by atoms with Crippen LogP contribution in [0.4, 0.5) is 0 Å². The number of aliphatic hydroxyl groups is 1. The quantitative estimate of drug-likeness (QED) is 0.842. The molecule has 1 aromatic rings. The van der Waals surface area contributed by atoms with Gasteiger partial charge in [0.15, 0.2) is 0 Å². The molecule has 0 radical (unpaired) electrons. The second kappa shape index (κ2) is 5.49. The number of hydrogen-bond acceptors (Lipinski definition) is 2. The monoisotopic (exact) mass is 328 g/mol. The number of fused-ring (bicyclic) bond motifs is 4. The molecule has 2 saturated carbocycles. The van der Waals surface area contributed by atoms with Crippen LogP contribution in [-0.2, 0) is 6.42 Å². The minimum absolute atomic E-state index is 0.140. The molecule has 2 aliphatic carbocycles. The summed E-state index contributed by atoms with van der Waals surface area (Å²) in [5.41, 5.74) is 1.54. The van der Waals surface area contributed by atoms with Crippen LogP contribution in [-0.4, -0.2) is 16.8 Å². The summed E-state index contributed by atoms with van der Waals surface area (Å²) in [7, 11) is 0. The van der Waals surface area contributed by atoms with Crippen molar-refractivity contribution in [2.75, 3.05) is 0 Å². The zero-order chi connectivity index (χ0) is 17.1. The highest BCUT2D eigenvalue weighted by molar-refractivity contribution is 5.37. The van der Waals surface area contributed by atoms with Gasteiger partial charge in [0.05, 0.1) is 6.10 Å². The van der Waals surface area contributed by atoms with Crippen LogP contribution in [0.3, 0.4) is 0 Å². The molecule has 0 bridgehead atoms. The van der Waals surface area contributed by atoms with E-state index in [2.05, 4.69) is 52.0 Å². The van der Waals surface area contributed by atoms with Crippen LogP contribution < -0.4 is 4.74 Å². The van der Waals surface area contributed by atoms with Crippen LogP contribution in [0.2, 0.25) is 0 Å². The van der Waals surface area contributed by atoms with E-state index in [1.54, 1.807) is 0 Å². The van der Waals surface area contributed by atoms with Crippen LogP contribution >= 0.6 is 0 Å². The molecule has 24 heavy (non-hydrogen) atoms. The molecule has 0 amide bonds. The third-order valence-electron chi connectivity index (χ3n) is 7.61. The summed E-state index contributed by atoms with van der Waals surface area (Å²) in [5, 5.41) is 10.9. The Kier molecular flexibility index (Phi) is 3.76. The Labute approximate surface area is 146 Å². The van der Waals surface area contributed by atoms with Crippen LogP contribution in [0.15, 0.2) is 24.3 Å². The summed E-state index contributed by atoms with van der Waals surface area (Å²) in [6, 6.07) is 8.56. The third kappa shape index (κ3) is 2.25. The molecule has 132 valence electrons. The molecule has 1 N–H and O–H groups in total. The van der Waals surface area contributed by atoms with E-state index in [1.165, 1.54) is 24.8 Å². The number of hydrogen-bond donors (Lipinski definition) is 1. The predicted molar refractivity (Wildman–Crippen MR) is 97.1 cm³/mol. The Morgan fingerprint density at radius 1 is 1.12 bits per heavy atom. The summed E-state index contributed by atoms with van der Waals surface area (Å²) >= 11 is 0. The van der Waals surface area contributed by atoms with E-state index in [1.807, 2.05) is 0 Å². The van der Waals surface area contributed by atoms with Crippen molar-refractivity contribution >= 4 is 0 Å². The summed E-state index contributed by atoms with van der Waals surface area (Å²) in [4.78, 5) is 0. The van der Waals surface area contributed by atoms with Gasteiger partial charge >= 0.3 is 0 Å². The lowest BCUT2D eigenvalue weighted by Gasteiger charge is -2.57. The molecule has 1 aliphatic heterocycles. The molecule has 0 saturated heterocycles. The second-order valence-electron chi connectivity index (χ2n) is 9.40. The van der Waals surface area contributed by atoms with Crippen molar-refractivity contribution in [2.45, 2.75) is 71.5 Å². The minimum atomic E-state index is -0.215. The highest BCUT2D eigenvalue weighted by Crippen LogP contribution is 2.63. The number of benzene rings is 1. The molecule has 1 heterocycles. The lowest BCUT2D eigenvalue weighted by Crippen LogP contribution is -2.60. The van der Waals surface area contributed by atoms with E-state index in [0.29, 0.717) is 29.1 Å². The van der Waals surface area contributed by atoms with Gasteiger partial charge in [-0.3, -0.25) is 0 Å². The molecular formula is C22H32O2. The number of aliphatic hydroxyl groups excluding tert-OH is 1. The van der Waals surface area contributed by atoms with Gasteiger partial charge in [0.1, 0.15) is 11.4 Å². The number of para-hydroxylation sites is 1. The van der Waals surface area contributed by atoms with E-state index < -0.39 is 0 Å². The molecule has 2 heteroatoms. The molecule has 4 rings (SSSR count). The average molecular weight is 328 g/mol. The van der Waals surface area contributed by atoms with E-state index in [9.17, 15) is 5.11 Å². The molecule has 2 fully saturated rings. The van der Waals surface area contributed by atoms with Crippen LogP contribution in [0.5, 0.6) is 5.75 Å². The standard InChI is InChI=1S/C22H32O2/c1-14(2)19(23)17-10-12-21(3)11-9-16-13-15-7-5-6-8-18(15)24-22(16,4)20(17)21/h5-8,14,16-17,19-20,23H,9-13H2,1-4H3/t16-,17+,19-,20+,21-,22+/m1/s1.